The molecule has 0 saturated heterocycles. The molecule has 0 fully saturated rings. The van der Waals surface area contributed by atoms with Crippen molar-refractivity contribution in [2.24, 2.45) is 0 Å². The Labute approximate surface area is 93.9 Å². The number of rotatable bonds is 5. The molecule has 1 heteroatoms. The molecule has 0 amide bonds. The van der Waals surface area contributed by atoms with Crippen molar-refractivity contribution in [1.82, 2.24) is 0 Å². The summed E-state index contributed by atoms with van der Waals surface area (Å²) in [5.41, 5.74) is 5.70. The van der Waals surface area contributed by atoms with Gasteiger partial charge < -0.3 is 5.32 Å². The highest BCUT2D eigenvalue weighted by molar-refractivity contribution is 5.56. The topological polar surface area (TPSA) is 12.0 Å². The van der Waals surface area contributed by atoms with Gasteiger partial charge in [-0.3, -0.25) is 0 Å². The number of nitrogens with one attached hydrogen (secondary N) is 1. The molecule has 0 spiro atoms. The third kappa shape index (κ3) is 2.98. The number of hydrogen-bond donors (Lipinski definition) is 1. The Morgan fingerprint density at radius 2 is 1.87 bits per heavy atom. The molecule has 0 aliphatic rings. The molecule has 0 bridgehead atoms. The highest BCUT2D eigenvalue weighted by Crippen LogP contribution is 2.23. The zero-order valence-electron chi connectivity index (χ0n) is 10.5. The van der Waals surface area contributed by atoms with Gasteiger partial charge in [-0.15, -0.1) is 0 Å². The summed E-state index contributed by atoms with van der Waals surface area (Å²) >= 11 is 0. The fourth-order valence-electron chi connectivity index (χ4n) is 1.95. The maximum absolute atomic E-state index is 3.45. The van der Waals surface area contributed by atoms with E-state index in [0.29, 0.717) is 0 Å². The first-order valence-electron chi connectivity index (χ1n) is 6.09. The molecule has 0 unspecified atom stereocenters. The lowest BCUT2D eigenvalue weighted by atomic mass is 9.98. The maximum atomic E-state index is 3.45. The van der Waals surface area contributed by atoms with E-state index in [-0.39, 0.29) is 0 Å². The van der Waals surface area contributed by atoms with Crippen LogP contribution in [-0.4, -0.2) is 6.54 Å². The third-order valence-electron chi connectivity index (χ3n) is 2.87. The summed E-state index contributed by atoms with van der Waals surface area (Å²) in [5.74, 6) is 0. The molecule has 0 atom stereocenters. The van der Waals surface area contributed by atoms with Crippen LogP contribution in [0, 0.1) is 6.92 Å². The van der Waals surface area contributed by atoms with E-state index in [0.717, 1.165) is 13.0 Å². The molecule has 84 valence electrons. The van der Waals surface area contributed by atoms with Gasteiger partial charge in [-0.05, 0) is 49.4 Å². The molecule has 0 aliphatic carbocycles. The van der Waals surface area contributed by atoms with Crippen LogP contribution in [0.2, 0.25) is 0 Å². The zero-order valence-corrected chi connectivity index (χ0v) is 10.5. The molecule has 1 rings (SSSR count). The van der Waals surface area contributed by atoms with Crippen molar-refractivity contribution in [3.05, 3.63) is 28.8 Å². The number of aryl methyl sites for hydroxylation is 2. The maximum Gasteiger partial charge on any atom is 0.0375 e. The van der Waals surface area contributed by atoms with E-state index >= 15 is 0 Å². The van der Waals surface area contributed by atoms with Crippen LogP contribution in [0.4, 0.5) is 5.69 Å². The van der Waals surface area contributed by atoms with Gasteiger partial charge in [-0.1, -0.05) is 26.3 Å². The van der Waals surface area contributed by atoms with Crippen molar-refractivity contribution < 1.29 is 0 Å². The lowest BCUT2D eigenvalue weighted by Gasteiger charge is -2.14. The Bertz CT molecular complexity index is 288. The second-order valence-corrected chi connectivity index (χ2v) is 4.06. The van der Waals surface area contributed by atoms with E-state index in [9.17, 15) is 0 Å². The molecule has 0 heterocycles. The fraction of sp³-hybridized carbons (Fsp3) is 0.571. The summed E-state index contributed by atoms with van der Waals surface area (Å²) in [7, 11) is 0. The molecule has 15 heavy (non-hydrogen) atoms. The van der Waals surface area contributed by atoms with Crippen molar-refractivity contribution in [2.45, 2.75) is 47.0 Å². The lowest BCUT2D eigenvalue weighted by molar-refractivity contribution is 0.907. The summed E-state index contributed by atoms with van der Waals surface area (Å²) < 4.78 is 0. The van der Waals surface area contributed by atoms with Gasteiger partial charge >= 0.3 is 0 Å². The third-order valence-corrected chi connectivity index (χ3v) is 2.87. The van der Waals surface area contributed by atoms with Gasteiger partial charge in [-0.25, -0.2) is 0 Å². The molecule has 0 radical (unpaired) electrons. The Kier molecular flexibility index (Phi) is 4.67. The van der Waals surface area contributed by atoms with Crippen molar-refractivity contribution in [2.75, 3.05) is 11.9 Å². The van der Waals surface area contributed by atoms with Crippen molar-refractivity contribution in [3.63, 3.8) is 0 Å². The predicted molar refractivity (Wildman–Crippen MR) is 68.7 cm³/mol. The summed E-state index contributed by atoms with van der Waals surface area (Å²) in [6.45, 7) is 9.83. The van der Waals surface area contributed by atoms with Crippen LogP contribution >= 0.6 is 0 Å². The van der Waals surface area contributed by atoms with E-state index in [4.69, 9.17) is 0 Å². The van der Waals surface area contributed by atoms with Crippen molar-refractivity contribution in [1.29, 1.82) is 0 Å². The van der Waals surface area contributed by atoms with Gasteiger partial charge in [0, 0.05) is 12.2 Å². The molecule has 0 saturated carbocycles. The van der Waals surface area contributed by atoms with Crippen molar-refractivity contribution >= 4 is 5.69 Å². The lowest BCUT2D eigenvalue weighted by Crippen LogP contribution is -2.03. The Balaban J connectivity index is 3.08. The van der Waals surface area contributed by atoms with Crippen LogP contribution in [0.25, 0.3) is 0 Å². The van der Waals surface area contributed by atoms with Crippen LogP contribution in [0.3, 0.4) is 0 Å². The predicted octanol–water partition coefficient (Wildman–Crippen LogP) is 3.94. The molecule has 1 N–H and O–H groups in total. The van der Waals surface area contributed by atoms with Crippen molar-refractivity contribution in [3.8, 4) is 0 Å². The smallest absolute Gasteiger partial charge is 0.0375 e. The van der Waals surface area contributed by atoms with E-state index in [1.165, 1.54) is 35.2 Å². The summed E-state index contributed by atoms with van der Waals surface area (Å²) in [6, 6.07) is 4.65. The molecule has 0 aliphatic heterocycles. The molecule has 1 aromatic rings. The monoisotopic (exact) mass is 205 g/mol. The quantitative estimate of drug-likeness (QED) is 0.767. The van der Waals surface area contributed by atoms with E-state index < -0.39 is 0 Å². The minimum absolute atomic E-state index is 1.000. The average molecular weight is 205 g/mol. The molecule has 1 aromatic carbocycles. The SMILES string of the molecule is CCCc1cc(CC)cc(NCC)c1C. The van der Waals surface area contributed by atoms with Crippen LogP contribution in [-0.2, 0) is 12.8 Å². The van der Waals surface area contributed by atoms with E-state index in [1.807, 2.05) is 0 Å². The minimum Gasteiger partial charge on any atom is -0.385 e. The van der Waals surface area contributed by atoms with Crippen LogP contribution < -0.4 is 5.32 Å². The van der Waals surface area contributed by atoms with Gasteiger partial charge in [-0.2, -0.15) is 0 Å². The first-order valence-corrected chi connectivity index (χ1v) is 6.09. The Morgan fingerprint density at radius 1 is 1.13 bits per heavy atom. The van der Waals surface area contributed by atoms with Crippen LogP contribution in [0.5, 0.6) is 0 Å². The first-order chi connectivity index (χ1) is 7.22. The van der Waals surface area contributed by atoms with Gasteiger partial charge in [0.1, 0.15) is 0 Å². The normalized spacial score (nSPS) is 10.4. The molecular weight excluding hydrogens is 182 g/mol. The Hall–Kier alpha value is -0.980. The minimum atomic E-state index is 1.000. The number of hydrogen-bond acceptors (Lipinski definition) is 1. The number of anilines is 1. The second-order valence-electron chi connectivity index (χ2n) is 4.06. The average Bonchev–Trinajstić information content (AvgIpc) is 2.24. The highest BCUT2D eigenvalue weighted by atomic mass is 14.9. The standard InChI is InChI=1S/C14H23N/c1-5-8-13-9-12(6-2)10-14(11(13)4)15-7-3/h9-10,15H,5-8H2,1-4H3. The fourth-order valence-corrected chi connectivity index (χ4v) is 1.95. The molecular formula is C14H23N. The second kappa shape index (κ2) is 5.79. The van der Waals surface area contributed by atoms with E-state index in [1.54, 1.807) is 0 Å². The largest absolute Gasteiger partial charge is 0.385 e. The van der Waals surface area contributed by atoms with Gasteiger partial charge in [0.15, 0.2) is 0 Å². The highest BCUT2D eigenvalue weighted by Gasteiger charge is 2.05. The first kappa shape index (κ1) is 12.1. The van der Waals surface area contributed by atoms with Crippen LogP contribution in [0.15, 0.2) is 12.1 Å². The Morgan fingerprint density at radius 3 is 2.40 bits per heavy atom. The summed E-state index contributed by atoms with van der Waals surface area (Å²) in [6.07, 6.45) is 3.53. The van der Waals surface area contributed by atoms with Gasteiger partial charge in [0.25, 0.3) is 0 Å². The molecule has 1 nitrogen and oxygen atoms in total. The van der Waals surface area contributed by atoms with Gasteiger partial charge in [0.05, 0.1) is 0 Å². The zero-order chi connectivity index (χ0) is 11.3. The van der Waals surface area contributed by atoms with Crippen LogP contribution in [0.1, 0.15) is 43.9 Å². The van der Waals surface area contributed by atoms with Gasteiger partial charge in [0.2, 0.25) is 0 Å². The summed E-state index contributed by atoms with van der Waals surface area (Å²) in [4.78, 5) is 0. The molecule has 0 aromatic heterocycles. The van der Waals surface area contributed by atoms with E-state index in [2.05, 4.69) is 45.1 Å². The number of benzene rings is 1. The summed E-state index contributed by atoms with van der Waals surface area (Å²) in [5, 5.41) is 3.45.